The third-order valence-corrected chi connectivity index (χ3v) is 5.11. The first-order valence-electron chi connectivity index (χ1n) is 10.3. The van der Waals surface area contributed by atoms with E-state index in [9.17, 15) is 40.3 Å². The molecule has 3 rings (SSSR count). The number of nitrogens with zero attached hydrogens (tertiary/aromatic N) is 3. The van der Waals surface area contributed by atoms with E-state index >= 15 is 0 Å². The van der Waals surface area contributed by atoms with Crippen molar-refractivity contribution in [2.45, 2.75) is 12.4 Å². The van der Waals surface area contributed by atoms with Gasteiger partial charge < -0.3 is 15.3 Å². The molecule has 0 bridgehead atoms. The minimum atomic E-state index is -5.59. The van der Waals surface area contributed by atoms with E-state index < -0.39 is 46.9 Å². The summed E-state index contributed by atoms with van der Waals surface area (Å²) in [4.78, 5) is 29.0. The van der Waals surface area contributed by atoms with Crippen molar-refractivity contribution in [3.05, 3.63) is 64.6 Å². The van der Waals surface area contributed by atoms with Crippen LogP contribution in [0.1, 0.15) is 15.9 Å². The molecule has 2 aromatic carbocycles. The summed E-state index contributed by atoms with van der Waals surface area (Å²) in [6.45, 7) is 0.0591. The monoisotopic (exact) mass is 568 g/mol. The Bertz CT molecular complexity index is 1340. The van der Waals surface area contributed by atoms with Gasteiger partial charge in [-0.3, -0.25) is 9.48 Å². The summed E-state index contributed by atoms with van der Waals surface area (Å²) in [7, 11) is 1.46. The van der Waals surface area contributed by atoms with E-state index in [1.807, 2.05) is 0 Å². The van der Waals surface area contributed by atoms with Gasteiger partial charge in [-0.1, -0.05) is 11.6 Å². The number of benzene rings is 2. The minimum absolute atomic E-state index is 0.0106. The van der Waals surface area contributed by atoms with Crippen LogP contribution in [0.15, 0.2) is 42.6 Å². The number of aryl methyl sites for hydroxylation is 1. The molecular formula is C22H16ClF7N4O4. The number of hydrogen-bond donors (Lipinski definition) is 1. The highest BCUT2D eigenvalue weighted by molar-refractivity contribution is 6.33. The van der Waals surface area contributed by atoms with Crippen LogP contribution in [-0.4, -0.2) is 41.0 Å². The molecule has 0 saturated carbocycles. The van der Waals surface area contributed by atoms with Crippen LogP contribution in [0.2, 0.25) is 5.02 Å². The zero-order valence-electron chi connectivity index (χ0n) is 19.0. The van der Waals surface area contributed by atoms with Crippen molar-refractivity contribution >= 4 is 29.2 Å². The SMILES string of the molecule is Cn1ncc(Cl)c1-c1cc(N(OC(=O)C(F)(F)F)C(=O)c2ccc(F)c(C(F)(F)F)c2)ccc1OCCN. The number of carbonyl (C=O) groups is 2. The highest BCUT2D eigenvalue weighted by Crippen LogP contribution is 2.38. The third kappa shape index (κ3) is 6.16. The molecule has 0 saturated heterocycles. The molecule has 0 radical (unpaired) electrons. The van der Waals surface area contributed by atoms with Crippen LogP contribution < -0.4 is 15.5 Å². The van der Waals surface area contributed by atoms with Gasteiger partial charge in [0.15, 0.2) is 0 Å². The maximum absolute atomic E-state index is 13.7. The number of hydrogen-bond acceptors (Lipinski definition) is 6. The molecular weight excluding hydrogens is 553 g/mol. The molecule has 204 valence electrons. The van der Waals surface area contributed by atoms with Crippen molar-refractivity contribution in [2.24, 2.45) is 12.8 Å². The number of amides is 1. The van der Waals surface area contributed by atoms with Gasteiger partial charge in [0, 0.05) is 24.7 Å². The van der Waals surface area contributed by atoms with E-state index in [1.54, 1.807) is 0 Å². The molecule has 0 aliphatic rings. The molecule has 3 aromatic rings. The molecule has 1 amide bonds. The molecule has 8 nitrogen and oxygen atoms in total. The lowest BCUT2D eigenvalue weighted by molar-refractivity contribution is -0.200. The third-order valence-electron chi connectivity index (χ3n) is 4.83. The van der Waals surface area contributed by atoms with Crippen molar-refractivity contribution in [3.8, 4) is 17.0 Å². The molecule has 38 heavy (non-hydrogen) atoms. The fourth-order valence-electron chi connectivity index (χ4n) is 3.18. The fraction of sp³-hybridized carbons (Fsp3) is 0.227. The van der Waals surface area contributed by atoms with Crippen LogP contribution in [0.25, 0.3) is 11.3 Å². The Kier molecular flexibility index (Phi) is 8.21. The van der Waals surface area contributed by atoms with Gasteiger partial charge in [0.2, 0.25) is 0 Å². The Hall–Kier alpha value is -3.85. The number of halogens is 8. The van der Waals surface area contributed by atoms with Crippen molar-refractivity contribution in [3.63, 3.8) is 0 Å². The predicted molar refractivity (Wildman–Crippen MR) is 119 cm³/mol. The standard InChI is InChI=1S/C22H16ClF7N4O4/c1-33-18(15(23)10-32-33)13-9-12(3-5-17(13)37-7-6-31)34(38-20(36)22(28,29)30)19(35)11-2-4-16(24)14(8-11)21(25,26)27/h2-5,8-10H,6-7,31H2,1H3. The van der Waals surface area contributed by atoms with Gasteiger partial charge in [-0.2, -0.15) is 31.4 Å². The quantitative estimate of drug-likeness (QED) is 0.335. The second-order valence-electron chi connectivity index (χ2n) is 7.45. The van der Waals surface area contributed by atoms with E-state index in [2.05, 4.69) is 9.94 Å². The molecule has 2 N–H and O–H groups in total. The van der Waals surface area contributed by atoms with Gasteiger partial charge >= 0.3 is 18.3 Å². The van der Waals surface area contributed by atoms with E-state index in [1.165, 1.54) is 24.0 Å². The Labute approximate surface area is 214 Å². The molecule has 0 spiro atoms. The highest BCUT2D eigenvalue weighted by atomic mass is 35.5. The lowest BCUT2D eigenvalue weighted by Crippen LogP contribution is -2.39. The molecule has 0 atom stereocenters. The zero-order valence-corrected chi connectivity index (χ0v) is 19.8. The summed E-state index contributed by atoms with van der Waals surface area (Å²) in [6, 6.07) is 4.16. The maximum atomic E-state index is 13.7. The van der Waals surface area contributed by atoms with Crippen LogP contribution in [0, 0.1) is 5.82 Å². The van der Waals surface area contributed by atoms with Crippen LogP contribution in [0.4, 0.5) is 36.4 Å². The topological polar surface area (TPSA) is 99.7 Å². The summed E-state index contributed by atoms with van der Waals surface area (Å²) in [5.74, 6) is -6.15. The zero-order chi connectivity index (χ0) is 28.4. The molecule has 1 aromatic heterocycles. The van der Waals surface area contributed by atoms with Crippen molar-refractivity contribution in [1.82, 2.24) is 9.78 Å². The Balaban J connectivity index is 2.19. The number of alkyl halides is 6. The second kappa shape index (κ2) is 10.9. The van der Waals surface area contributed by atoms with E-state index in [-0.39, 0.29) is 46.3 Å². The van der Waals surface area contributed by atoms with Crippen molar-refractivity contribution < 1.29 is 49.9 Å². The largest absolute Gasteiger partial charge is 0.493 e. The number of carbonyl (C=O) groups excluding carboxylic acids is 2. The Morgan fingerprint density at radius 3 is 2.34 bits per heavy atom. The molecule has 0 aliphatic carbocycles. The molecule has 16 heteroatoms. The van der Waals surface area contributed by atoms with Crippen LogP contribution in [-0.2, 0) is 22.9 Å². The molecule has 0 fully saturated rings. The lowest BCUT2D eigenvalue weighted by atomic mass is 10.1. The molecule has 0 unspecified atom stereocenters. The number of ether oxygens (including phenoxy) is 1. The summed E-state index contributed by atoms with van der Waals surface area (Å²) in [5.41, 5.74) is 2.32. The molecule has 1 heterocycles. The summed E-state index contributed by atoms with van der Waals surface area (Å²) in [5, 5.41) is 3.82. The number of nitrogens with two attached hydrogens (primary N) is 1. The predicted octanol–water partition coefficient (Wildman–Crippen LogP) is 4.90. The number of anilines is 1. The minimum Gasteiger partial charge on any atom is -0.492 e. The first kappa shape index (κ1) is 28.7. The van der Waals surface area contributed by atoms with E-state index in [0.717, 1.165) is 12.1 Å². The fourth-order valence-corrected chi connectivity index (χ4v) is 3.44. The van der Waals surface area contributed by atoms with E-state index in [0.29, 0.717) is 12.1 Å². The average Bonchev–Trinajstić information content (AvgIpc) is 3.17. The van der Waals surface area contributed by atoms with Gasteiger partial charge in [-0.15, -0.1) is 5.06 Å². The first-order valence-corrected chi connectivity index (χ1v) is 10.7. The summed E-state index contributed by atoms with van der Waals surface area (Å²) in [6.07, 6.45) is -9.59. The smallest absolute Gasteiger partial charge is 0.492 e. The van der Waals surface area contributed by atoms with Crippen molar-refractivity contribution in [1.29, 1.82) is 0 Å². The summed E-state index contributed by atoms with van der Waals surface area (Å²) >= 11 is 6.17. The number of rotatable bonds is 6. The average molecular weight is 569 g/mol. The molecule has 0 aliphatic heterocycles. The van der Waals surface area contributed by atoms with Gasteiger partial charge in [0.25, 0.3) is 5.91 Å². The summed E-state index contributed by atoms with van der Waals surface area (Å²) < 4.78 is 99.0. The Morgan fingerprint density at radius 2 is 1.79 bits per heavy atom. The number of hydroxylamine groups is 1. The first-order chi connectivity index (χ1) is 17.6. The Morgan fingerprint density at radius 1 is 1.11 bits per heavy atom. The maximum Gasteiger partial charge on any atom is 0.493 e. The van der Waals surface area contributed by atoms with Gasteiger partial charge in [-0.25, -0.2) is 9.18 Å². The lowest BCUT2D eigenvalue weighted by Gasteiger charge is -2.23. The van der Waals surface area contributed by atoms with Gasteiger partial charge in [-0.05, 0) is 36.4 Å². The van der Waals surface area contributed by atoms with Gasteiger partial charge in [0.1, 0.15) is 18.2 Å². The van der Waals surface area contributed by atoms with Crippen LogP contribution >= 0.6 is 11.6 Å². The highest BCUT2D eigenvalue weighted by Gasteiger charge is 2.44. The normalized spacial score (nSPS) is 11.8. The van der Waals surface area contributed by atoms with Crippen LogP contribution in [0.3, 0.4) is 0 Å². The second-order valence-corrected chi connectivity index (χ2v) is 7.86. The van der Waals surface area contributed by atoms with Gasteiger partial charge in [0.05, 0.1) is 28.2 Å². The number of aromatic nitrogens is 2. The van der Waals surface area contributed by atoms with E-state index in [4.69, 9.17) is 22.1 Å². The van der Waals surface area contributed by atoms with Crippen LogP contribution in [0.5, 0.6) is 5.75 Å². The van der Waals surface area contributed by atoms with Crippen molar-refractivity contribution in [2.75, 3.05) is 18.2 Å².